The standard InChI is InChI=1S/C18H23FN2O5S/c19-15-9-12(5-6-16(15)21-7-2-8-27(21,25)26)11-20-17(22)13-3-1-4-14(10-13)18(23)24/h5-6,9,13-14H,1-4,7-8,10-11H2,(H,20,22)(H,23,24). The zero-order valence-electron chi connectivity index (χ0n) is 14.9. The second-order valence-electron chi connectivity index (χ2n) is 7.14. The van der Waals surface area contributed by atoms with Gasteiger partial charge in [0.25, 0.3) is 0 Å². The van der Waals surface area contributed by atoms with Crippen molar-refractivity contribution in [1.29, 1.82) is 0 Å². The fraction of sp³-hybridized carbons (Fsp3) is 0.556. The summed E-state index contributed by atoms with van der Waals surface area (Å²) in [6, 6.07) is 4.23. The van der Waals surface area contributed by atoms with Crippen LogP contribution < -0.4 is 9.62 Å². The molecule has 2 fully saturated rings. The summed E-state index contributed by atoms with van der Waals surface area (Å²) >= 11 is 0. The number of carboxylic acid groups (broad SMARTS) is 1. The Labute approximate surface area is 157 Å². The summed E-state index contributed by atoms with van der Waals surface area (Å²) in [5.41, 5.74) is 0.547. The number of carbonyl (C=O) groups excluding carboxylic acids is 1. The molecule has 9 heteroatoms. The molecule has 0 radical (unpaired) electrons. The number of hydrogen-bond donors (Lipinski definition) is 2. The lowest BCUT2D eigenvalue weighted by Crippen LogP contribution is -2.35. The van der Waals surface area contributed by atoms with Crippen LogP contribution in [0.4, 0.5) is 10.1 Å². The Balaban J connectivity index is 1.61. The highest BCUT2D eigenvalue weighted by molar-refractivity contribution is 7.93. The molecule has 148 valence electrons. The van der Waals surface area contributed by atoms with Gasteiger partial charge in [0.2, 0.25) is 15.9 Å². The Hall–Kier alpha value is -2.16. The average molecular weight is 398 g/mol. The zero-order valence-corrected chi connectivity index (χ0v) is 15.7. The van der Waals surface area contributed by atoms with Gasteiger partial charge in [-0.2, -0.15) is 0 Å². The third kappa shape index (κ3) is 4.40. The Bertz CT molecular complexity index is 842. The number of rotatable bonds is 5. The number of aliphatic carboxylic acids is 1. The first kappa shape index (κ1) is 19.6. The molecule has 3 rings (SSSR count). The van der Waals surface area contributed by atoms with Crippen LogP contribution in [0.2, 0.25) is 0 Å². The monoisotopic (exact) mass is 398 g/mol. The lowest BCUT2D eigenvalue weighted by Gasteiger charge is -2.25. The first-order valence-corrected chi connectivity index (χ1v) is 10.7. The number of amides is 1. The number of carboxylic acids is 1. The smallest absolute Gasteiger partial charge is 0.306 e. The van der Waals surface area contributed by atoms with E-state index in [1.165, 1.54) is 12.1 Å². The van der Waals surface area contributed by atoms with Gasteiger partial charge in [-0.3, -0.25) is 13.9 Å². The molecule has 1 amide bonds. The minimum absolute atomic E-state index is 0.0168. The summed E-state index contributed by atoms with van der Waals surface area (Å²) in [5, 5.41) is 11.8. The van der Waals surface area contributed by atoms with Crippen LogP contribution in [0.5, 0.6) is 0 Å². The van der Waals surface area contributed by atoms with Crippen LogP contribution in [0.15, 0.2) is 18.2 Å². The molecule has 7 nitrogen and oxygen atoms in total. The lowest BCUT2D eigenvalue weighted by molar-refractivity contribution is -0.144. The Morgan fingerprint density at radius 3 is 2.59 bits per heavy atom. The molecule has 2 unspecified atom stereocenters. The van der Waals surface area contributed by atoms with Gasteiger partial charge in [-0.1, -0.05) is 12.5 Å². The maximum Gasteiger partial charge on any atom is 0.306 e. The minimum Gasteiger partial charge on any atom is -0.481 e. The molecular formula is C18H23FN2O5S. The summed E-state index contributed by atoms with van der Waals surface area (Å²) in [4.78, 5) is 23.4. The summed E-state index contributed by atoms with van der Waals surface area (Å²) in [7, 11) is -3.45. The van der Waals surface area contributed by atoms with E-state index in [4.69, 9.17) is 5.11 Å². The molecule has 1 aliphatic carbocycles. The zero-order chi connectivity index (χ0) is 19.6. The van der Waals surface area contributed by atoms with E-state index in [1.807, 2.05) is 0 Å². The van der Waals surface area contributed by atoms with Crippen LogP contribution in [0, 0.1) is 17.7 Å². The SMILES string of the molecule is O=C(O)C1CCCC(C(=O)NCc2ccc(N3CCCS3(=O)=O)c(F)c2)C1. The van der Waals surface area contributed by atoms with Crippen molar-refractivity contribution in [2.45, 2.75) is 38.6 Å². The predicted octanol–water partition coefficient (Wildman–Crippen LogP) is 1.87. The summed E-state index contributed by atoms with van der Waals surface area (Å²) in [6.07, 6.45) is 2.73. The van der Waals surface area contributed by atoms with Crippen LogP contribution in [0.3, 0.4) is 0 Å². The Kier molecular flexibility index (Phi) is 5.69. The molecule has 0 aromatic heterocycles. The molecule has 1 aromatic carbocycles. The Morgan fingerprint density at radius 1 is 1.22 bits per heavy atom. The van der Waals surface area contributed by atoms with E-state index in [1.54, 1.807) is 6.07 Å². The molecule has 27 heavy (non-hydrogen) atoms. The van der Waals surface area contributed by atoms with Gasteiger partial charge in [-0.25, -0.2) is 12.8 Å². The van der Waals surface area contributed by atoms with E-state index in [0.717, 1.165) is 4.31 Å². The number of hydrogen-bond acceptors (Lipinski definition) is 4. The Morgan fingerprint density at radius 2 is 1.96 bits per heavy atom. The molecule has 0 spiro atoms. The fourth-order valence-electron chi connectivity index (χ4n) is 3.76. The van der Waals surface area contributed by atoms with Crippen LogP contribution in [-0.4, -0.2) is 37.7 Å². The van der Waals surface area contributed by atoms with E-state index < -0.39 is 27.7 Å². The molecule has 1 saturated heterocycles. The second-order valence-corrected chi connectivity index (χ2v) is 9.16. The van der Waals surface area contributed by atoms with Gasteiger partial charge in [-0.05, 0) is 43.4 Å². The highest BCUT2D eigenvalue weighted by Gasteiger charge is 2.32. The molecule has 1 heterocycles. The highest BCUT2D eigenvalue weighted by Crippen LogP contribution is 2.30. The average Bonchev–Trinajstić information content (AvgIpc) is 2.98. The maximum atomic E-state index is 14.4. The molecular weight excluding hydrogens is 375 g/mol. The summed E-state index contributed by atoms with van der Waals surface area (Å²) in [5.74, 6) is -2.57. The van der Waals surface area contributed by atoms with Crippen molar-refractivity contribution in [2.75, 3.05) is 16.6 Å². The largest absolute Gasteiger partial charge is 0.481 e. The van der Waals surface area contributed by atoms with E-state index in [-0.39, 0.29) is 36.4 Å². The normalized spacial score (nSPS) is 24.6. The molecule has 2 aliphatic rings. The van der Waals surface area contributed by atoms with Crippen molar-refractivity contribution in [3.05, 3.63) is 29.6 Å². The van der Waals surface area contributed by atoms with Gasteiger partial charge in [0.05, 0.1) is 17.4 Å². The van der Waals surface area contributed by atoms with Crippen molar-refractivity contribution in [3.63, 3.8) is 0 Å². The van der Waals surface area contributed by atoms with Crippen molar-refractivity contribution < 1.29 is 27.5 Å². The predicted molar refractivity (Wildman–Crippen MR) is 97.1 cm³/mol. The molecule has 2 N–H and O–H groups in total. The van der Waals surface area contributed by atoms with E-state index in [9.17, 15) is 22.4 Å². The molecule has 0 bridgehead atoms. The first-order valence-electron chi connectivity index (χ1n) is 9.07. The van der Waals surface area contributed by atoms with Crippen LogP contribution in [-0.2, 0) is 26.2 Å². The quantitative estimate of drug-likeness (QED) is 0.788. The maximum absolute atomic E-state index is 14.4. The number of nitrogens with one attached hydrogen (secondary N) is 1. The lowest BCUT2D eigenvalue weighted by atomic mass is 9.81. The number of carbonyl (C=O) groups is 2. The van der Waals surface area contributed by atoms with Crippen molar-refractivity contribution in [3.8, 4) is 0 Å². The third-order valence-corrected chi connectivity index (χ3v) is 7.10. The van der Waals surface area contributed by atoms with Gasteiger partial charge >= 0.3 is 5.97 Å². The second kappa shape index (κ2) is 7.84. The number of anilines is 1. The number of halogens is 1. The van der Waals surface area contributed by atoms with Crippen molar-refractivity contribution in [1.82, 2.24) is 5.32 Å². The molecule has 1 aliphatic heterocycles. The molecule has 2 atom stereocenters. The van der Waals surface area contributed by atoms with Crippen molar-refractivity contribution in [2.24, 2.45) is 11.8 Å². The molecule has 1 aromatic rings. The number of nitrogens with zero attached hydrogens (tertiary/aromatic N) is 1. The third-order valence-electron chi connectivity index (χ3n) is 5.24. The highest BCUT2D eigenvalue weighted by atomic mass is 32.2. The van der Waals surface area contributed by atoms with Crippen molar-refractivity contribution >= 4 is 27.6 Å². The number of benzene rings is 1. The van der Waals surface area contributed by atoms with Crippen LogP contribution in [0.25, 0.3) is 0 Å². The molecule has 1 saturated carbocycles. The van der Waals surface area contributed by atoms with Gasteiger partial charge in [0, 0.05) is 19.0 Å². The van der Waals surface area contributed by atoms with Gasteiger partial charge in [0.1, 0.15) is 5.82 Å². The van der Waals surface area contributed by atoms with E-state index in [2.05, 4.69) is 5.32 Å². The van der Waals surface area contributed by atoms with Crippen LogP contribution in [0.1, 0.15) is 37.7 Å². The first-order chi connectivity index (χ1) is 12.8. The summed E-state index contributed by atoms with van der Waals surface area (Å²) < 4.78 is 39.3. The topological polar surface area (TPSA) is 104 Å². The summed E-state index contributed by atoms with van der Waals surface area (Å²) in [6.45, 7) is 0.374. The van der Waals surface area contributed by atoms with E-state index in [0.29, 0.717) is 37.7 Å². The van der Waals surface area contributed by atoms with Gasteiger partial charge in [-0.15, -0.1) is 0 Å². The van der Waals surface area contributed by atoms with E-state index >= 15 is 0 Å². The van der Waals surface area contributed by atoms with Crippen LogP contribution >= 0.6 is 0 Å². The number of sulfonamides is 1. The fourth-order valence-corrected chi connectivity index (χ4v) is 5.33. The van der Waals surface area contributed by atoms with Gasteiger partial charge < -0.3 is 10.4 Å². The van der Waals surface area contributed by atoms with Gasteiger partial charge in [0.15, 0.2) is 0 Å². The minimum atomic E-state index is -3.45.